The molecule has 2 fully saturated rings. The number of nitrogens with zero attached hydrogens (tertiary/aromatic N) is 7. The fourth-order valence-electron chi connectivity index (χ4n) is 11.0. The average Bonchev–Trinajstić information content (AvgIpc) is 2.68. The highest BCUT2D eigenvalue weighted by molar-refractivity contribution is 7.48. The molecule has 5 heterocycles. The number of methoxy groups -OCH3 is 2. The smallest absolute Gasteiger partial charge is 0.475 e. The van der Waals surface area contributed by atoms with Gasteiger partial charge in [0.05, 0.1) is 70.5 Å². The maximum absolute atomic E-state index is 15.6. The molecule has 2 amide bonds. The Morgan fingerprint density at radius 2 is 1.51 bits per heavy atom. The predicted octanol–water partition coefficient (Wildman–Crippen LogP) is 9.38. The van der Waals surface area contributed by atoms with Gasteiger partial charge in [-0.25, -0.2) is 19.5 Å². The fourth-order valence-corrected chi connectivity index (χ4v) is 13.1. The number of H-pyrrole nitrogens is 1. The van der Waals surface area contributed by atoms with Gasteiger partial charge in [0.15, 0.2) is 17.4 Å². The van der Waals surface area contributed by atoms with Crippen molar-refractivity contribution in [2.45, 2.75) is 76.7 Å². The molecule has 10 rings (SSSR count). The minimum atomic E-state index is -4.77. The molecule has 4 aromatic carbocycles. The number of anilines is 2. The van der Waals surface area contributed by atoms with Crippen LogP contribution in [0, 0.1) is 35.0 Å². The first kappa shape index (κ1) is 60.2. The molecule has 444 valence electrons. The summed E-state index contributed by atoms with van der Waals surface area (Å²) < 4.78 is 81.4. The highest BCUT2D eigenvalue weighted by atomic mass is 31.2. The third-order valence-corrected chi connectivity index (χ3v) is 17.4. The molecular weight excluding hydrogens is 1130 g/mol. The van der Waals surface area contributed by atoms with E-state index < -0.39 is 94.0 Å². The molecule has 1 aliphatic heterocycles. The lowest BCUT2D eigenvalue weighted by molar-refractivity contribution is -0.118. The SMILES string of the molecule is COc1ccc(C(OCC2CC(n3ccc4c(NC(=O)c5ccccc5)ncnc43)C(C)C2OP(=O)(OCCC#N)OCC2OC(n3cnc4c(=O)[nH]c(NC(=O)C(C)C)nc43)C(O[PH](=O)O)C2C)(c2ccccc2)c2ccc(OC)cc2)cc1. The highest BCUT2D eigenvalue weighted by Gasteiger charge is 2.51. The second kappa shape index (κ2) is 26.1. The van der Waals surface area contributed by atoms with Gasteiger partial charge in [0.2, 0.25) is 11.9 Å². The third-order valence-electron chi connectivity index (χ3n) is 15.5. The van der Waals surface area contributed by atoms with Gasteiger partial charge in [-0.2, -0.15) is 10.2 Å². The number of imidazole rings is 1. The van der Waals surface area contributed by atoms with Gasteiger partial charge in [0, 0.05) is 41.5 Å². The summed E-state index contributed by atoms with van der Waals surface area (Å²) in [4.78, 5) is 69.9. The molecule has 10 unspecified atom stereocenters. The van der Waals surface area contributed by atoms with Crippen LogP contribution in [0.15, 0.2) is 139 Å². The zero-order chi connectivity index (χ0) is 60.0. The van der Waals surface area contributed by atoms with Crippen LogP contribution in [0.2, 0.25) is 0 Å². The van der Waals surface area contributed by atoms with E-state index in [1.165, 1.54) is 17.2 Å². The zero-order valence-electron chi connectivity index (χ0n) is 47.3. The molecule has 85 heavy (non-hydrogen) atoms. The molecule has 24 nitrogen and oxygen atoms in total. The van der Waals surface area contributed by atoms with Crippen LogP contribution in [0.3, 0.4) is 0 Å². The van der Waals surface area contributed by atoms with Gasteiger partial charge in [-0.1, -0.05) is 100 Å². The van der Waals surface area contributed by atoms with Crippen LogP contribution in [-0.2, 0) is 47.1 Å². The predicted molar refractivity (Wildman–Crippen MR) is 312 cm³/mol. The summed E-state index contributed by atoms with van der Waals surface area (Å²) in [6.07, 6.45) is 0.158. The van der Waals surface area contributed by atoms with E-state index in [2.05, 4.69) is 30.6 Å². The van der Waals surface area contributed by atoms with E-state index in [9.17, 15) is 29.1 Å². The number of rotatable bonds is 24. The maximum atomic E-state index is 15.6. The van der Waals surface area contributed by atoms with E-state index in [0.29, 0.717) is 40.3 Å². The van der Waals surface area contributed by atoms with Crippen molar-refractivity contribution in [2.75, 3.05) is 44.7 Å². The number of amides is 2. The van der Waals surface area contributed by atoms with E-state index in [1.807, 2.05) is 115 Å². The van der Waals surface area contributed by atoms with Crippen molar-refractivity contribution < 1.29 is 60.7 Å². The molecule has 0 bridgehead atoms. The molecule has 26 heteroatoms. The van der Waals surface area contributed by atoms with Crippen molar-refractivity contribution in [2.24, 2.45) is 23.7 Å². The summed E-state index contributed by atoms with van der Waals surface area (Å²) in [6, 6.07) is 37.1. The standard InChI is InChI=1S/C59H64N10O14P2/c1-35(2)54(70)66-58-65-53-48(56(72)67-58)63-34-69(53)57-50(82-84(73)74)37(4)47(81-57)32-80-85(75,79-29-13-27-60)83-49-36(3)46(68-28-26-45-51(61-33-62-52(45)68)64-55(71)38-14-9-7-10-15-38)30-39(49)31-78-59(40-16-11-8-12-17-40,41-18-22-43(76-5)23-19-41)42-20-24-44(77-6)25-21-42/h7-12,14-26,28,33-37,39,46-47,49-50,57,84H,13,29-32H2,1-6H3,(H,73,74)(H,61,62,64,71)(H2,65,66,67,70,72). The lowest BCUT2D eigenvalue weighted by atomic mass is 9.79. The topological polar surface area (TPSA) is 304 Å². The van der Waals surface area contributed by atoms with Crippen LogP contribution in [0.4, 0.5) is 11.8 Å². The summed E-state index contributed by atoms with van der Waals surface area (Å²) in [6.45, 7) is 6.07. The van der Waals surface area contributed by atoms with Crippen molar-refractivity contribution in [3.05, 3.63) is 167 Å². The molecule has 1 saturated carbocycles. The number of phosphoric acid groups is 1. The lowest BCUT2D eigenvalue weighted by Gasteiger charge is -2.38. The maximum Gasteiger partial charge on any atom is 0.475 e. The van der Waals surface area contributed by atoms with Crippen LogP contribution < -0.4 is 25.7 Å². The molecule has 4 N–H and O–H groups in total. The van der Waals surface area contributed by atoms with Gasteiger partial charge in [-0.3, -0.25) is 47.4 Å². The zero-order valence-corrected chi connectivity index (χ0v) is 49.2. The van der Waals surface area contributed by atoms with Gasteiger partial charge in [-0.05, 0) is 65.6 Å². The fraction of sp³-hybridized carbons (Fsp3) is 0.356. The van der Waals surface area contributed by atoms with Crippen LogP contribution >= 0.6 is 16.1 Å². The number of benzene rings is 4. The molecule has 10 atom stereocenters. The molecule has 8 aromatic rings. The van der Waals surface area contributed by atoms with Crippen molar-refractivity contribution in [1.29, 1.82) is 5.26 Å². The first-order valence-electron chi connectivity index (χ1n) is 27.5. The second-order valence-electron chi connectivity index (χ2n) is 20.9. The average molecular weight is 1200 g/mol. The Bertz CT molecular complexity index is 3780. The number of nitrogens with one attached hydrogen (secondary N) is 3. The van der Waals surface area contributed by atoms with Gasteiger partial charge in [0.1, 0.15) is 41.0 Å². The van der Waals surface area contributed by atoms with E-state index in [4.69, 9.17) is 42.0 Å². The van der Waals surface area contributed by atoms with Gasteiger partial charge in [0.25, 0.3) is 11.5 Å². The first-order chi connectivity index (χ1) is 41.0. The van der Waals surface area contributed by atoms with E-state index >= 15 is 4.57 Å². The molecule has 4 aromatic heterocycles. The van der Waals surface area contributed by atoms with Crippen molar-refractivity contribution in [3.63, 3.8) is 0 Å². The van der Waals surface area contributed by atoms with Crippen LogP contribution in [0.25, 0.3) is 22.2 Å². The Labute approximate surface area is 489 Å². The monoisotopic (exact) mass is 1200 g/mol. The normalized spacial score (nSPS) is 21.6. The molecule has 1 aliphatic carbocycles. The van der Waals surface area contributed by atoms with Crippen molar-refractivity contribution in [1.82, 2.24) is 34.1 Å². The Morgan fingerprint density at radius 1 is 0.847 bits per heavy atom. The van der Waals surface area contributed by atoms with Crippen molar-refractivity contribution in [3.8, 4) is 17.6 Å². The number of fused-ring (bicyclic) bond motifs is 2. The highest BCUT2D eigenvalue weighted by Crippen LogP contribution is 2.57. The number of carbonyl (C=O) groups is 2. The van der Waals surface area contributed by atoms with Crippen LogP contribution in [-0.4, -0.2) is 103 Å². The second-order valence-corrected chi connectivity index (χ2v) is 23.3. The van der Waals surface area contributed by atoms with E-state index in [0.717, 1.165) is 16.7 Å². The summed E-state index contributed by atoms with van der Waals surface area (Å²) in [5.74, 6) is -1.73. The Hall–Kier alpha value is -7.94. The summed E-state index contributed by atoms with van der Waals surface area (Å²) in [5.41, 5.74) is 1.14. The largest absolute Gasteiger partial charge is 0.497 e. The molecule has 0 spiro atoms. The van der Waals surface area contributed by atoms with Crippen LogP contribution in [0.5, 0.6) is 11.5 Å². The van der Waals surface area contributed by atoms with Gasteiger partial charge >= 0.3 is 16.1 Å². The van der Waals surface area contributed by atoms with Crippen molar-refractivity contribution >= 4 is 61.9 Å². The summed E-state index contributed by atoms with van der Waals surface area (Å²) in [5, 5.41) is 15.8. The first-order valence-corrected chi connectivity index (χ1v) is 30.2. The van der Waals surface area contributed by atoms with Gasteiger partial charge in [-0.15, -0.1) is 0 Å². The summed E-state index contributed by atoms with van der Waals surface area (Å²) in [7, 11) is -5.23. The number of carbonyl (C=O) groups excluding carboxylic acids is 2. The number of ether oxygens (including phenoxy) is 4. The number of aromatic nitrogens is 7. The number of hydrogen-bond donors (Lipinski definition) is 4. The Balaban J connectivity index is 1.01. The van der Waals surface area contributed by atoms with Crippen LogP contribution in [0.1, 0.15) is 79.9 Å². The third kappa shape index (κ3) is 12.7. The molecule has 0 radical (unpaired) electrons. The number of phosphoric ester groups is 1. The minimum Gasteiger partial charge on any atom is -0.497 e. The van der Waals surface area contributed by atoms with Gasteiger partial charge < -0.3 is 38.2 Å². The van der Waals surface area contributed by atoms with E-state index in [-0.39, 0.29) is 42.7 Å². The lowest BCUT2D eigenvalue weighted by Crippen LogP contribution is -2.37. The molecular formula is C59H64N10O14P2. The molecule has 1 saturated heterocycles. The minimum absolute atomic E-state index is 0.0222. The van der Waals surface area contributed by atoms with E-state index in [1.54, 1.807) is 59.3 Å². The Morgan fingerprint density at radius 3 is 2.14 bits per heavy atom. The molecule has 2 aliphatic rings. The number of hydrogen-bond acceptors (Lipinski definition) is 18. The number of aromatic amines is 1. The summed E-state index contributed by atoms with van der Waals surface area (Å²) >= 11 is 0. The Kier molecular flexibility index (Phi) is 18.5. The quantitative estimate of drug-likeness (QED) is 0.0249. The number of nitriles is 1.